The van der Waals surface area contributed by atoms with Gasteiger partial charge in [-0.3, -0.25) is 0 Å². The van der Waals surface area contributed by atoms with Gasteiger partial charge in [0.15, 0.2) is 0 Å². The fourth-order valence-electron chi connectivity index (χ4n) is 1.42. The maximum absolute atomic E-state index is 5.41. The molecule has 0 saturated carbocycles. The molecular formula is C10H21NO. The van der Waals surface area contributed by atoms with Crippen LogP contribution in [0.3, 0.4) is 0 Å². The average molecular weight is 171 g/mol. The summed E-state index contributed by atoms with van der Waals surface area (Å²) in [4.78, 5) is 0. The summed E-state index contributed by atoms with van der Waals surface area (Å²) in [6, 6.07) is 0. The molecule has 2 heteroatoms. The molecule has 1 rings (SSSR count). The predicted octanol–water partition coefficient (Wildman–Crippen LogP) is 1.80. The number of rotatable bonds is 2. The van der Waals surface area contributed by atoms with Crippen molar-refractivity contribution >= 4 is 0 Å². The van der Waals surface area contributed by atoms with E-state index in [0.717, 1.165) is 25.7 Å². The lowest BCUT2D eigenvalue weighted by Crippen LogP contribution is -2.40. The molecule has 0 aromatic heterocycles. The molecule has 0 radical (unpaired) electrons. The third kappa shape index (κ3) is 4.07. The summed E-state index contributed by atoms with van der Waals surface area (Å²) in [6.45, 7) is 9.63. The smallest absolute Gasteiger partial charge is 0.0506 e. The van der Waals surface area contributed by atoms with E-state index in [4.69, 9.17) is 4.74 Å². The first kappa shape index (κ1) is 10.0. The summed E-state index contributed by atoms with van der Waals surface area (Å²) in [5, 5.41) is 3.51. The van der Waals surface area contributed by atoms with E-state index >= 15 is 0 Å². The van der Waals surface area contributed by atoms with Gasteiger partial charge in [-0.2, -0.15) is 0 Å². The van der Waals surface area contributed by atoms with Gasteiger partial charge in [0.05, 0.1) is 6.61 Å². The summed E-state index contributed by atoms with van der Waals surface area (Å²) < 4.78 is 5.41. The number of nitrogens with one attached hydrogen (secondary N) is 1. The number of ether oxygens (including phenoxy) is 1. The Balaban J connectivity index is 2.13. The number of hydrogen-bond acceptors (Lipinski definition) is 2. The zero-order valence-corrected chi connectivity index (χ0v) is 8.52. The van der Waals surface area contributed by atoms with Crippen LogP contribution >= 0.6 is 0 Å². The Labute approximate surface area is 75.7 Å². The molecule has 0 amide bonds. The van der Waals surface area contributed by atoms with Gasteiger partial charge in [0.2, 0.25) is 0 Å². The predicted molar refractivity (Wildman–Crippen MR) is 51.3 cm³/mol. The Bertz CT molecular complexity index is 122. The molecule has 1 atom stereocenters. The fraction of sp³-hybridized carbons (Fsp3) is 1.00. The fourth-order valence-corrected chi connectivity index (χ4v) is 1.42. The highest BCUT2D eigenvalue weighted by molar-refractivity contribution is 4.74. The van der Waals surface area contributed by atoms with Gasteiger partial charge >= 0.3 is 0 Å². The summed E-state index contributed by atoms with van der Waals surface area (Å²) in [5.41, 5.74) is 0.247. The molecule has 0 aliphatic carbocycles. The van der Waals surface area contributed by atoms with Gasteiger partial charge < -0.3 is 10.1 Å². The highest BCUT2D eigenvalue weighted by Crippen LogP contribution is 2.13. The first-order chi connectivity index (χ1) is 5.58. The van der Waals surface area contributed by atoms with E-state index in [-0.39, 0.29) is 5.54 Å². The first-order valence-corrected chi connectivity index (χ1v) is 4.91. The minimum absolute atomic E-state index is 0.247. The maximum Gasteiger partial charge on any atom is 0.0506 e. The Morgan fingerprint density at radius 2 is 2.17 bits per heavy atom. The third-order valence-corrected chi connectivity index (χ3v) is 2.18. The second-order valence-electron chi connectivity index (χ2n) is 4.71. The van der Waals surface area contributed by atoms with Crippen LogP contribution in [0.2, 0.25) is 0 Å². The van der Waals surface area contributed by atoms with Crippen molar-refractivity contribution in [2.24, 2.45) is 5.92 Å². The highest BCUT2D eigenvalue weighted by atomic mass is 16.5. The molecule has 1 aliphatic heterocycles. The van der Waals surface area contributed by atoms with Crippen LogP contribution in [0.5, 0.6) is 0 Å². The zero-order chi connectivity index (χ0) is 9.03. The second-order valence-corrected chi connectivity index (χ2v) is 4.71. The van der Waals surface area contributed by atoms with Crippen LogP contribution in [0.4, 0.5) is 0 Å². The van der Waals surface area contributed by atoms with Crippen LogP contribution in [0.25, 0.3) is 0 Å². The molecule has 0 spiro atoms. The summed E-state index contributed by atoms with van der Waals surface area (Å²) in [5.74, 6) is 0.734. The molecule has 2 nitrogen and oxygen atoms in total. The Hall–Kier alpha value is -0.0800. The van der Waals surface area contributed by atoms with Crippen LogP contribution < -0.4 is 5.32 Å². The van der Waals surface area contributed by atoms with Gasteiger partial charge in [-0.05, 0) is 39.5 Å². The first-order valence-electron chi connectivity index (χ1n) is 4.91. The lowest BCUT2D eigenvalue weighted by molar-refractivity contribution is 0.0526. The second kappa shape index (κ2) is 4.24. The molecule has 0 bridgehead atoms. The maximum atomic E-state index is 5.41. The lowest BCUT2D eigenvalue weighted by Gasteiger charge is -2.27. The van der Waals surface area contributed by atoms with Gasteiger partial charge in [0, 0.05) is 18.7 Å². The van der Waals surface area contributed by atoms with Crippen molar-refractivity contribution in [3.63, 3.8) is 0 Å². The van der Waals surface area contributed by atoms with Crippen LogP contribution in [-0.4, -0.2) is 25.3 Å². The van der Waals surface area contributed by atoms with E-state index in [1.807, 2.05) is 0 Å². The quantitative estimate of drug-likeness (QED) is 0.684. The van der Waals surface area contributed by atoms with Crippen molar-refractivity contribution in [3.05, 3.63) is 0 Å². The van der Waals surface area contributed by atoms with Crippen LogP contribution in [0.15, 0.2) is 0 Å². The topological polar surface area (TPSA) is 21.3 Å². The van der Waals surface area contributed by atoms with Crippen molar-refractivity contribution in [1.29, 1.82) is 0 Å². The van der Waals surface area contributed by atoms with E-state index in [9.17, 15) is 0 Å². The standard InChI is InChI=1S/C10H21NO/c1-10(2,3)11-7-9-5-4-6-12-8-9/h9,11H,4-8H2,1-3H3/t9-/m0/s1. The van der Waals surface area contributed by atoms with E-state index in [0.29, 0.717) is 0 Å². The van der Waals surface area contributed by atoms with Gasteiger partial charge in [-0.15, -0.1) is 0 Å². The summed E-state index contributed by atoms with van der Waals surface area (Å²) in [6.07, 6.45) is 2.56. The highest BCUT2D eigenvalue weighted by Gasteiger charge is 2.16. The van der Waals surface area contributed by atoms with Crippen molar-refractivity contribution in [3.8, 4) is 0 Å². The molecule has 1 saturated heterocycles. The van der Waals surface area contributed by atoms with Gasteiger partial charge in [0.1, 0.15) is 0 Å². The van der Waals surface area contributed by atoms with Crippen LogP contribution in [-0.2, 0) is 4.74 Å². The molecular weight excluding hydrogens is 150 g/mol. The van der Waals surface area contributed by atoms with Crippen molar-refractivity contribution in [2.75, 3.05) is 19.8 Å². The minimum Gasteiger partial charge on any atom is -0.381 e. The molecule has 72 valence electrons. The van der Waals surface area contributed by atoms with Crippen LogP contribution in [0.1, 0.15) is 33.6 Å². The monoisotopic (exact) mass is 171 g/mol. The average Bonchev–Trinajstić information content (AvgIpc) is 2.02. The van der Waals surface area contributed by atoms with Gasteiger partial charge in [0.25, 0.3) is 0 Å². The normalized spacial score (nSPS) is 25.8. The SMILES string of the molecule is CC(C)(C)NC[C@@H]1CCCOC1. The number of hydrogen-bond donors (Lipinski definition) is 1. The molecule has 1 aliphatic rings. The third-order valence-electron chi connectivity index (χ3n) is 2.18. The van der Waals surface area contributed by atoms with Gasteiger partial charge in [-0.25, -0.2) is 0 Å². The van der Waals surface area contributed by atoms with E-state index in [2.05, 4.69) is 26.1 Å². The Morgan fingerprint density at radius 3 is 2.67 bits per heavy atom. The van der Waals surface area contributed by atoms with Crippen LogP contribution in [0, 0.1) is 5.92 Å². The van der Waals surface area contributed by atoms with E-state index < -0.39 is 0 Å². The lowest BCUT2D eigenvalue weighted by atomic mass is 10.0. The minimum atomic E-state index is 0.247. The van der Waals surface area contributed by atoms with Crippen molar-refractivity contribution < 1.29 is 4.74 Å². The molecule has 1 fully saturated rings. The molecule has 0 aromatic rings. The van der Waals surface area contributed by atoms with E-state index in [1.165, 1.54) is 12.8 Å². The summed E-state index contributed by atoms with van der Waals surface area (Å²) >= 11 is 0. The van der Waals surface area contributed by atoms with E-state index in [1.54, 1.807) is 0 Å². The summed E-state index contributed by atoms with van der Waals surface area (Å²) in [7, 11) is 0. The molecule has 0 aromatic carbocycles. The van der Waals surface area contributed by atoms with Crippen molar-refractivity contribution in [2.45, 2.75) is 39.2 Å². The largest absolute Gasteiger partial charge is 0.381 e. The molecule has 0 unspecified atom stereocenters. The molecule has 1 heterocycles. The Morgan fingerprint density at radius 1 is 1.42 bits per heavy atom. The molecule has 1 N–H and O–H groups in total. The van der Waals surface area contributed by atoms with Gasteiger partial charge in [-0.1, -0.05) is 0 Å². The van der Waals surface area contributed by atoms with Crippen molar-refractivity contribution in [1.82, 2.24) is 5.32 Å². The molecule has 12 heavy (non-hydrogen) atoms. The zero-order valence-electron chi connectivity index (χ0n) is 8.52. The Kier molecular flexibility index (Phi) is 3.53.